The number of carbonyl (C=O) groups is 3. The van der Waals surface area contributed by atoms with Crippen molar-refractivity contribution in [1.82, 2.24) is 19.7 Å². The lowest BCUT2D eigenvalue weighted by molar-refractivity contribution is -0.156. The second kappa shape index (κ2) is 8.65. The summed E-state index contributed by atoms with van der Waals surface area (Å²) in [6, 6.07) is 11.1. The maximum Gasteiger partial charge on any atom is 0.246 e. The highest BCUT2D eigenvalue weighted by atomic mass is 16.2. The van der Waals surface area contributed by atoms with E-state index >= 15 is 0 Å². The van der Waals surface area contributed by atoms with Gasteiger partial charge in [0, 0.05) is 38.6 Å². The van der Waals surface area contributed by atoms with Gasteiger partial charge in [0.15, 0.2) is 0 Å². The van der Waals surface area contributed by atoms with Gasteiger partial charge in [-0.15, -0.1) is 0 Å². The first-order valence-corrected chi connectivity index (χ1v) is 10.3. The van der Waals surface area contributed by atoms with Crippen LogP contribution in [0.1, 0.15) is 23.1 Å². The number of carbonyl (C=O) groups excluding carboxylic acids is 3. The molecule has 4 rings (SSSR count). The van der Waals surface area contributed by atoms with Crippen LogP contribution in [0.2, 0.25) is 0 Å². The smallest absolute Gasteiger partial charge is 0.246 e. The summed E-state index contributed by atoms with van der Waals surface area (Å²) < 4.78 is 0. The molecule has 0 N–H and O–H groups in total. The summed E-state index contributed by atoms with van der Waals surface area (Å²) in [4.78, 5) is 47.8. The number of nitrogens with zero attached hydrogens (tertiary/aromatic N) is 4. The maximum atomic E-state index is 13.1. The quantitative estimate of drug-likeness (QED) is 0.770. The number of rotatable bonds is 4. The lowest BCUT2D eigenvalue weighted by Crippen LogP contribution is -2.59. The Labute approximate surface area is 176 Å². The van der Waals surface area contributed by atoms with Crippen LogP contribution in [0.25, 0.3) is 0 Å². The topological polar surface area (TPSA) is 73.8 Å². The van der Waals surface area contributed by atoms with Gasteiger partial charge in [0.1, 0.15) is 12.6 Å². The van der Waals surface area contributed by atoms with E-state index in [9.17, 15) is 14.4 Å². The zero-order valence-electron chi connectivity index (χ0n) is 17.2. The van der Waals surface area contributed by atoms with Crippen LogP contribution in [-0.4, -0.2) is 69.6 Å². The minimum absolute atomic E-state index is 0.0395. The van der Waals surface area contributed by atoms with Crippen LogP contribution in [0.4, 0.5) is 0 Å². The van der Waals surface area contributed by atoms with E-state index in [0.717, 1.165) is 16.7 Å². The molecule has 0 aliphatic carbocycles. The van der Waals surface area contributed by atoms with Crippen LogP contribution in [0.3, 0.4) is 0 Å². The zero-order valence-corrected chi connectivity index (χ0v) is 17.2. The van der Waals surface area contributed by atoms with Gasteiger partial charge >= 0.3 is 0 Å². The van der Waals surface area contributed by atoms with Crippen molar-refractivity contribution in [2.24, 2.45) is 0 Å². The Morgan fingerprint density at radius 1 is 1.07 bits per heavy atom. The second-order valence-corrected chi connectivity index (χ2v) is 7.93. The second-order valence-electron chi connectivity index (χ2n) is 7.93. The standard InChI is InChI=1S/C23H26N4O3/c1-17-4-2-3-5-19(17)14-21(28)25-11-8-20-23(30)26(15-18-6-9-24-10-7-18)16-22(29)27(20)13-12-25/h2-7,9-10,20H,8,11-16H2,1H3. The fourth-order valence-electron chi connectivity index (χ4n) is 4.20. The molecule has 7 nitrogen and oxygen atoms in total. The molecule has 2 fully saturated rings. The first-order chi connectivity index (χ1) is 14.5. The summed E-state index contributed by atoms with van der Waals surface area (Å²) in [5, 5.41) is 0. The van der Waals surface area contributed by atoms with Gasteiger partial charge in [-0.05, 0) is 42.2 Å². The Hall–Kier alpha value is -3.22. The molecule has 2 aliphatic rings. The molecule has 30 heavy (non-hydrogen) atoms. The van der Waals surface area contributed by atoms with E-state index < -0.39 is 6.04 Å². The van der Waals surface area contributed by atoms with Crippen molar-refractivity contribution in [3.63, 3.8) is 0 Å². The van der Waals surface area contributed by atoms with Gasteiger partial charge in [0.2, 0.25) is 17.7 Å². The van der Waals surface area contributed by atoms with Crippen molar-refractivity contribution >= 4 is 17.7 Å². The van der Waals surface area contributed by atoms with Crippen molar-refractivity contribution in [2.75, 3.05) is 26.2 Å². The Bertz CT molecular complexity index is 946. The minimum atomic E-state index is -0.496. The van der Waals surface area contributed by atoms with Gasteiger partial charge in [-0.25, -0.2) is 0 Å². The molecule has 3 heterocycles. The monoisotopic (exact) mass is 406 g/mol. The molecule has 7 heteroatoms. The van der Waals surface area contributed by atoms with Gasteiger partial charge < -0.3 is 14.7 Å². The van der Waals surface area contributed by atoms with E-state index in [1.807, 2.05) is 43.3 Å². The Kier molecular flexibility index (Phi) is 5.79. The van der Waals surface area contributed by atoms with Crippen LogP contribution in [0.5, 0.6) is 0 Å². The maximum absolute atomic E-state index is 13.1. The SMILES string of the molecule is Cc1ccccc1CC(=O)N1CCC2C(=O)N(Cc3ccncc3)CC(=O)N2CC1. The fraction of sp³-hybridized carbons (Fsp3) is 0.391. The van der Waals surface area contributed by atoms with Crippen molar-refractivity contribution in [3.05, 3.63) is 65.5 Å². The summed E-state index contributed by atoms with van der Waals surface area (Å²) in [6.07, 6.45) is 4.17. The van der Waals surface area contributed by atoms with Crippen molar-refractivity contribution in [3.8, 4) is 0 Å². The summed E-state index contributed by atoms with van der Waals surface area (Å²) in [6.45, 7) is 3.82. The molecular weight excluding hydrogens is 380 g/mol. The molecule has 3 amide bonds. The molecule has 1 aromatic heterocycles. The van der Waals surface area contributed by atoms with Crippen molar-refractivity contribution < 1.29 is 14.4 Å². The molecule has 1 unspecified atom stereocenters. The number of piperazine rings is 1. The van der Waals surface area contributed by atoms with Crippen LogP contribution in [0.15, 0.2) is 48.8 Å². The first kappa shape index (κ1) is 20.1. The third-order valence-corrected chi connectivity index (χ3v) is 5.98. The minimum Gasteiger partial charge on any atom is -0.341 e. The molecule has 2 aromatic rings. The molecule has 0 saturated carbocycles. The van der Waals surface area contributed by atoms with Gasteiger partial charge in [0.25, 0.3) is 0 Å². The van der Waals surface area contributed by atoms with Gasteiger partial charge in [-0.2, -0.15) is 0 Å². The average molecular weight is 406 g/mol. The number of benzene rings is 1. The van der Waals surface area contributed by atoms with Gasteiger partial charge in [-0.1, -0.05) is 24.3 Å². The molecule has 156 valence electrons. The summed E-state index contributed by atoms with van der Waals surface area (Å²) in [5.74, 6) is -0.0563. The Balaban J connectivity index is 1.43. The number of aryl methyl sites for hydroxylation is 1. The van der Waals surface area contributed by atoms with E-state index in [2.05, 4.69) is 4.98 Å². The van der Waals surface area contributed by atoms with Crippen molar-refractivity contribution in [2.45, 2.75) is 32.4 Å². The number of amides is 3. The highest BCUT2D eigenvalue weighted by Crippen LogP contribution is 2.21. The van der Waals surface area contributed by atoms with E-state index in [0.29, 0.717) is 39.0 Å². The molecule has 1 aromatic carbocycles. The van der Waals surface area contributed by atoms with Crippen LogP contribution < -0.4 is 0 Å². The normalized spacial score (nSPS) is 19.5. The van der Waals surface area contributed by atoms with E-state index in [1.165, 1.54) is 0 Å². The Morgan fingerprint density at radius 2 is 1.83 bits per heavy atom. The van der Waals surface area contributed by atoms with E-state index in [-0.39, 0.29) is 24.3 Å². The van der Waals surface area contributed by atoms with Crippen LogP contribution in [-0.2, 0) is 27.3 Å². The van der Waals surface area contributed by atoms with E-state index in [1.54, 1.807) is 27.1 Å². The molecule has 2 saturated heterocycles. The third kappa shape index (κ3) is 4.20. The van der Waals surface area contributed by atoms with Crippen LogP contribution in [0, 0.1) is 6.92 Å². The molecule has 0 spiro atoms. The molecular formula is C23H26N4O3. The lowest BCUT2D eigenvalue weighted by atomic mass is 10.0. The largest absolute Gasteiger partial charge is 0.341 e. The summed E-state index contributed by atoms with van der Waals surface area (Å²) >= 11 is 0. The van der Waals surface area contributed by atoms with Gasteiger partial charge in [-0.3, -0.25) is 19.4 Å². The predicted molar refractivity (Wildman–Crippen MR) is 111 cm³/mol. The van der Waals surface area contributed by atoms with Crippen molar-refractivity contribution in [1.29, 1.82) is 0 Å². The first-order valence-electron chi connectivity index (χ1n) is 10.3. The number of aromatic nitrogens is 1. The summed E-state index contributed by atoms with van der Waals surface area (Å²) in [5.41, 5.74) is 3.05. The fourth-order valence-corrected chi connectivity index (χ4v) is 4.20. The zero-order chi connectivity index (χ0) is 21.1. The molecule has 2 aliphatic heterocycles. The lowest BCUT2D eigenvalue weighted by Gasteiger charge is -2.39. The third-order valence-electron chi connectivity index (χ3n) is 5.98. The highest BCUT2D eigenvalue weighted by molar-refractivity contribution is 5.95. The number of hydrogen-bond donors (Lipinski definition) is 0. The number of pyridine rings is 1. The molecule has 0 radical (unpaired) electrons. The molecule has 0 bridgehead atoms. The van der Waals surface area contributed by atoms with Crippen LogP contribution >= 0.6 is 0 Å². The number of fused-ring (bicyclic) bond motifs is 1. The average Bonchev–Trinajstić information content (AvgIpc) is 2.98. The van der Waals surface area contributed by atoms with E-state index in [4.69, 9.17) is 0 Å². The van der Waals surface area contributed by atoms with Gasteiger partial charge in [0.05, 0.1) is 6.42 Å². The highest BCUT2D eigenvalue weighted by Gasteiger charge is 2.41. The Morgan fingerprint density at radius 3 is 2.60 bits per heavy atom. The number of hydrogen-bond acceptors (Lipinski definition) is 4. The predicted octanol–water partition coefficient (Wildman–Crippen LogP) is 1.40. The summed E-state index contributed by atoms with van der Waals surface area (Å²) in [7, 11) is 0. The molecule has 1 atom stereocenters.